The number of carbonyl (C=O) groups is 2. The summed E-state index contributed by atoms with van der Waals surface area (Å²) in [6.45, 7) is 4.25. The van der Waals surface area contributed by atoms with Crippen molar-refractivity contribution in [3.8, 4) is 22.8 Å². The Balaban J connectivity index is 1.35. The van der Waals surface area contributed by atoms with Crippen LogP contribution < -0.4 is 14.4 Å². The summed E-state index contributed by atoms with van der Waals surface area (Å²) in [6.07, 6.45) is 0.291. The summed E-state index contributed by atoms with van der Waals surface area (Å²) in [4.78, 5) is 30.9. The van der Waals surface area contributed by atoms with Crippen LogP contribution in [0.5, 0.6) is 11.5 Å². The number of methoxy groups -OCH3 is 2. The van der Waals surface area contributed by atoms with Crippen LogP contribution in [0.1, 0.15) is 18.9 Å². The molecule has 0 bridgehead atoms. The Morgan fingerprint density at radius 2 is 1.68 bits per heavy atom. The maximum absolute atomic E-state index is 13.2. The quantitative estimate of drug-likeness (QED) is 0.427. The molecular weight excluding hydrogens is 489 g/mol. The lowest BCUT2D eigenvalue weighted by atomic mass is 10.1. The van der Waals surface area contributed by atoms with Gasteiger partial charge in [-0.05, 0) is 42.0 Å². The van der Waals surface area contributed by atoms with E-state index in [0.717, 1.165) is 16.9 Å². The van der Waals surface area contributed by atoms with Gasteiger partial charge < -0.3 is 24.2 Å². The summed E-state index contributed by atoms with van der Waals surface area (Å²) >= 11 is 0. The molecule has 0 atom stereocenters. The molecule has 1 aliphatic rings. The number of nitrogens with zero attached hydrogens (tertiary/aromatic N) is 5. The Morgan fingerprint density at radius 1 is 0.947 bits per heavy atom. The van der Waals surface area contributed by atoms with Gasteiger partial charge in [-0.1, -0.05) is 19.1 Å². The molecule has 10 heteroatoms. The van der Waals surface area contributed by atoms with Crippen molar-refractivity contribution in [2.75, 3.05) is 51.8 Å². The third-order valence-corrected chi connectivity index (χ3v) is 6.56. The summed E-state index contributed by atoms with van der Waals surface area (Å²) < 4.78 is 24.0. The minimum absolute atomic E-state index is 0.0117. The molecule has 0 unspecified atom stereocenters. The first-order valence-corrected chi connectivity index (χ1v) is 12.5. The van der Waals surface area contributed by atoms with Gasteiger partial charge in [-0.2, -0.15) is 0 Å². The number of amides is 2. The fourth-order valence-electron chi connectivity index (χ4n) is 4.36. The Kier molecular flexibility index (Phi) is 8.73. The van der Waals surface area contributed by atoms with Crippen molar-refractivity contribution >= 4 is 17.6 Å². The lowest BCUT2D eigenvalue weighted by molar-refractivity contribution is -0.141. The lowest BCUT2D eigenvalue weighted by Gasteiger charge is -2.36. The number of hydrogen-bond acceptors (Lipinski definition) is 7. The number of piperazine rings is 1. The van der Waals surface area contributed by atoms with Crippen LogP contribution in [0.25, 0.3) is 11.3 Å². The van der Waals surface area contributed by atoms with E-state index in [-0.39, 0.29) is 30.7 Å². The normalized spacial score (nSPS) is 13.3. The van der Waals surface area contributed by atoms with Gasteiger partial charge in [0.1, 0.15) is 23.9 Å². The highest BCUT2D eigenvalue weighted by Gasteiger charge is 2.25. The first-order valence-electron chi connectivity index (χ1n) is 12.5. The molecule has 2 heterocycles. The van der Waals surface area contributed by atoms with Crippen LogP contribution in [0.15, 0.2) is 54.6 Å². The Labute approximate surface area is 221 Å². The first kappa shape index (κ1) is 26.8. The van der Waals surface area contributed by atoms with Gasteiger partial charge in [0.05, 0.1) is 19.9 Å². The zero-order valence-electron chi connectivity index (χ0n) is 21.9. The van der Waals surface area contributed by atoms with E-state index in [2.05, 4.69) is 15.1 Å². The molecule has 1 aromatic heterocycles. The smallest absolute Gasteiger partial charge is 0.242 e. The highest BCUT2D eigenvalue weighted by molar-refractivity contribution is 5.85. The predicted molar refractivity (Wildman–Crippen MR) is 141 cm³/mol. The van der Waals surface area contributed by atoms with Crippen molar-refractivity contribution in [2.45, 2.75) is 19.9 Å². The molecule has 0 aliphatic carbocycles. The Hall–Kier alpha value is -4.21. The number of ether oxygens (including phenoxy) is 2. The van der Waals surface area contributed by atoms with Crippen LogP contribution in [0.3, 0.4) is 0 Å². The molecule has 3 aromatic rings. The number of rotatable bonds is 9. The number of halogens is 1. The molecule has 9 nitrogen and oxygen atoms in total. The van der Waals surface area contributed by atoms with E-state index in [0.29, 0.717) is 49.8 Å². The average Bonchev–Trinajstić information content (AvgIpc) is 2.97. The Bertz CT molecular complexity index is 1250. The van der Waals surface area contributed by atoms with Crippen LogP contribution >= 0.6 is 0 Å². The molecular formula is C28H32FN5O4. The van der Waals surface area contributed by atoms with Crippen LogP contribution in [0, 0.1) is 5.82 Å². The van der Waals surface area contributed by atoms with E-state index in [4.69, 9.17) is 9.47 Å². The maximum Gasteiger partial charge on any atom is 0.242 e. The molecule has 38 heavy (non-hydrogen) atoms. The molecule has 2 aromatic carbocycles. The number of hydrogen-bond donors (Lipinski definition) is 0. The first-order chi connectivity index (χ1) is 18.4. The second kappa shape index (κ2) is 12.4. The van der Waals surface area contributed by atoms with Gasteiger partial charge in [-0.3, -0.25) is 9.59 Å². The highest BCUT2D eigenvalue weighted by atomic mass is 19.1. The minimum atomic E-state index is -0.337. The van der Waals surface area contributed by atoms with Crippen molar-refractivity contribution in [2.24, 2.45) is 0 Å². The SMILES string of the molecule is CCC(=O)N(CC(=O)N1CCN(c2ccc(-c3ccc(OC)cc3OC)nn2)CC1)Cc1ccc(F)cc1. The summed E-state index contributed by atoms with van der Waals surface area (Å²) in [5.74, 6) is 1.50. The van der Waals surface area contributed by atoms with Crippen LogP contribution in [-0.2, 0) is 16.1 Å². The van der Waals surface area contributed by atoms with Crippen molar-refractivity contribution in [1.29, 1.82) is 0 Å². The third-order valence-electron chi connectivity index (χ3n) is 6.56. The number of carbonyl (C=O) groups excluding carboxylic acids is 2. The Morgan fingerprint density at radius 3 is 2.29 bits per heavy atom. The van der Waals surface area contributed by atoms with E-state index in [1.165, 1.54) is 17.0 Å². The number of aromatic nitrogens is 2. The third kappa shape index (κ3) is 6.37. The van der Waals surface area contributed by atoms with Crippen molar-refractivity contribution in [3.63, 3.8) is 0 Å². The average molecular weight is 522 g/mol. The molecule has 1 aliphatic heterocycles. The summed E-state index contributed by atoms with van der Waals surface area (Å²) in [7, 11) is 3.20. The summed E-state index contributed by atoms with van der Waals surface area (Å²) in [5.41, 5.74) is 2.28. The fourth-order valence-corrected chi connectivity index (χ4v) is 4.36. The number of benzene rings is 2. The van der Waals surface area contributed by atoms with Gasteiger partial charge in [0.15, 0.2) is 5.82 Å². The van der Waals surface area contributed by atoms with Gasteiger partial charge in [-0.15, -0.1) is 10.2 Å². The molecule has 0 saturated carbocycles. The second-order valence-electron chi connectivity index (χ2n) is 8.94. The molecule has 0 radical (unpaired) electrons. The molecule has 1 fully saturated rings. The standard InChI is InChI=1S/C28H32FN5O4/c1-4-27(35)34(18-20-5-7-21(29)8-6-20)19-28(36)33-15-13-32(14-16-33)26-12-11-24(30-31-26)23-10-9-22(37-2)17-25(23)38-3/h5-12,17H,4,13-16,18-19H2,1-3H3. The monoisotopic (exact) mass is 521 g/mol. The van der Waals surface area contributed by atoms with Crippen LogP contribution in [-0.4, -0.2) is 78.8 Å². The zero-order valence-corrected chi connectivity index (χ0v) is 21.9. The van der Waals surface area contributed by atoms with Crippen LogP contribution in [0.4, 0.5) is 10.2 Å². The van der Waals surface area contributed by atoms with E-state index >= 15 is 0 Å². The molecule has 1 saturated heterocycles. The van der Waals surface area contributed by atoms with Gasteiger partial charge >= 0.3 is 0 Å². The van der Waals surface area contributed by atoms with Crippen LogP contribution in [0.2, 0.25) is 0 Å². The predicted octanol–water partition coefficient (Wildman–Crippen LogP) is 3.39. The van der Waals surface area contributed by atoms with Crippen molar-refractivity contribution < 1.29 is 23.5 Å². The molecule has 4 rings (SSSR count). The van der Waals surface area contributed by atoms with Crippen molar-refractivity contribution in [3.05, 3.63) is 66.0 Å². The fraction of sp³-hybridized carbons (Fsp3) is 0.357. The van der Waals surface area contributed by atoms with E-state index < -0.39 is 0 Å². The highest BCUT2D eigenvalue weighted by Crippen LogP contribution is 2.32. The summed E-state index contributed by atoms with van der Waals surface area (Å²) in [5, 5.41) is 8.80. The van der Waals surface area contributed by atoms with Gasteiger partial charge in [0.2, 0.25) is 11.8 Å². The molecule has 0 N–H and O–H groups in total. The van der Waals surface area contributed by atoms with E-state index in [9.17, 15) is 14.0 Å². The van der Waals surface area contributed by atoms with E-state index in [1.807, 2.05) is 24.3 Å². The summed E-state index contributed by atoms with van der Waals surface area (Å²) in [6, 6.07) is 15.3. The molecule has 200 valence electrons. The van der Waals surface area contributed by atoms with Crippen molar-refractivity contribution in [1.82, 2.24) is 20.0 Å². The van der Waals surface area contributed by atoms with Gasteiger partial charge in [0, 0.05) is 50.8 Å². The number of anilines is 1. The maximum atomic E-state index is 13.2. The second-order valence-corrected chi connectivity index (χ2v) is 8.94. The lowest BCUT2D eigenvalue weighted by Crippen LogP contribution is -2.52. The van der Waals surface area contributed by atoms with E-state index in [1.54, 1.807) is 44.2 Å². The largest absolute Gasteiger partial charge is 0.497 e. The molecule has 2 amide bonds. The zero-order chi connectivity index (χ0) is 27.1. The molecule has 0 spiro atoms. The van der Waals surface area contributed by atoms with Gasteiger partial charge in [-0.25, -0.2) is 4.39 Å². The topological polar surface area (TPSA) is 88.1 Å². The van der Waals surface area contributed by atoms with Gasteiger partial charge in [0.25, 0.3) is 0 Å². The minimum Gasteiger partial charge on any atom is -0.497 e.